The van der Waals surface area contributed by atoms with Crippen LogP contribution in [0.3, 0.4) is 0 Å². The Labute approximate surface area is 177 Å². The molecule has 1 aromatic carbocycles. The second-order valence-corrected chi connectivity index (χ2v) is 6.32. The van der Waals surface area contributed by atoms with Gasteiger partial charge in [-0.2, -0.15) is 0 Å². The Bertz CT molecular complexity index is 904. The molecular weight excluding hydrogens is 451 g/mol. The van der Waals surface area contributed by atoms with Crippen molar-refractivity contribution in [3.8, 4) is 0 Å². The number of rotatable bonds is 6. The fraction of sp³-hybridized carbons (Fsp3) is 0.333. The van der Waals surface area contributed by atoms with Crippen LogP contribution in [0.1, 0.15) is 29.4 Å². The van der Waals surface area contributed by atoms with Gasteiger partial charge >= 0.3 is 0 Å². The second-order valence-electron chi connectivity index (χ2n) is 6.32. The molecule has 0 aliphatic rings. The van der Waals surface area contributed by atoms with Crippen molar-refractivity contribution in [3.05, 3.63) is 65.2 Å². The minimum atomic E-state index is 0. The largest absolute Gasteiger partial charge is 0.459 e. The first kappa shape index (κ1) is 21.2. The lowest BCUT2D eigenvalue weighted by Gasteiger charge is -2.12. The van der Waals surface area contributed by atoms with Crippen molar-refractivity contribution < 1.29 is 4.42 Å². The zero-order valence-electron chi connectivity index (χ0n) is 16.1. The van der Waals surface area contributed by atoms with Gasteiger partial charge in [0.05, 0.1) is 0 Å². The Morgan fingerprint density at radius 2 is 1.96 bits per heavy atom. The fourth-order valence-corrected chi connectivity index (χ4v) is 2.97. The number of guanidine groups is 1. The van der Waals surface area contributed by atoms with Gasteiger partial charge in [-0.1, -0.05) is 18.2 Å². The number of aryl methyl sites for hydroxylation is 2. The summed E-state index contributed by atoms with van der Waals surface area (Å²) in [4.78, 5) is 8.82. The van der Waals surface area contributed by atoms with Crippen LogP contribution >= 0.6 is 24.0 Å². The van der Waals surface area contributed by atoms with Crippen LogP contribution in [0.2, 0.25) is 0 Å². The van der Waals surface area contributed by atoms with Crippen LogP contribution in [0.15, 0.2) is 52.1 Å². The van der Waals surface area contributed by atoms with Crippen LogP contribution in [0.25, 0.3) is 11.0 Å². The molecule has 0 aliphatic heterocycles. The van der Waals surface area contributed by atoms with Crippen molar-refractivity contribution in [3.63, 3.8) is 0 Å². The number of nitrogens with zero attached hydrogens (tertiary/aromatic N) is 2. The Hall–Kier alpha value is -2.09. The molecule has 0 atom stereocenters. The van der Waals surface area contributed by atoms with Gasteiger partial charge in [-0.3, -0.25) is 4.98 Å². The number of hydrogen-bond donors (Lipinski definition) is 2. The van der Waals surface area contributed by atoms with E-state index in [4.69, 9.17) is 4.42 Å². The molecule has 0 spiro atoms. The van der Waals surface area contributed by atoms with E-state index >= 15 is 0 Å². The van der Waals surface area contributed by atoms with Crippen molar-refractivity contribution in [2.45, 2.75) is 33.7 Å². The standard InChI is InChI=1S/C21H26N4O.HI/c1-4-23-21(24-12-10-17-9-11-22-13-15(17)2)25-14-20-16(3)18-7-5-6-8-19(18)26-20;/h5-9,11,13H,4,10,12,14H2,1-3H3,(H2,23,24,25);1H. The summed E-state index contributed by atoms with van der Waals surface area (Å²) in [6.45, 7) is 8.39. The smallest absolute Gasteiger partial charge is 0.191 e. The second kappa shape index (κ2) is 10.3. The summed E-state index contributed by atoms with van der Waals surface area (Å²) in [6, 6.07) is 10.2. The summed E-state index contributed by atoms with van der Waals surface area (Å²) in [6.07, 6.45) is 4.67. The number of nitrogens with one attached hydrogen (secondary N) is 2. The van der Waals surface area contributed by atoms with Gasteiger partial charge in [-0.15, -0.1) is 24.0 Å². The maximum absolute atomic E-state index is 5.95. The number of aliphatic imine (C=N–C) groups is 1. The molecule has 2 heterocycles. The number of para-hydroxylation sites is 1. The molecular formula is C21H27IN4O. The minimum absolute atomic E-state index is 0. The van der Waals surface area contributed by atoms with E-state index in [1.165, 1.54) is 11.1 Å². The van der Waals surface area contributed by atoms with Crippen molar-refractivity contribution in [2.75, 3.05) is 13.1 Å². The minimum Gasteiger partial charge on any atom is -0.459 e. The summed E-state index contributed by atoms with van der Waals surface area (Å²) < 4.78 is 5.95. The number of benzene rings is 1. The van der Waals surface area contributed by atoms with Gasteiger partial charge < -0.3 is 15.1 Å². The Kier molecular flexibility index (Phi) is 8.09. The lowest BCUT2D eigenvalue weighted by atomic mass is 10.1. The Morgan fingerprint density at radius 1 is 1.15 bits per heavy atom. The molecule has 2 aromatic heterocycles. The molecule has 0 amide bonds. The van der Waals surface area contributed by atoms with E-state index in [1.54, 1.807) is 0 Å². The number of furan rings is 1. The zero-order chi connectivity index (χ0) is 18.4. The number of fused-ring (bicyclic) bond motifs is 1. The third-order valence-electron chi connectivity index (χ3n) is 4.49. The predicted octanol–water partition coefficient (Wildman–Crippen LogP) is 4.36. The average molecular weight is 478 g/mol. The maximum atomic E-state index is 5.95. The van der Waals surface area contributed by atoms with Crippen LogP contribution in [-0.4, -0.2) is 24.0 Å². The summed E-state index contributed by atoms with van der Waals surface area (Å²) in [5, 5.41) is 7.84. The highest BCUT2D eigenvalue weighted by Gasteiger charge is 2.09. The lowest BCUT2D eigenvalue weighted by molar-refractivity contribution is 0.548. The maximum Gasteiger partial charge on any atom is 0.191 e. The molecule has 6 heteroatoms. The molecule has 0 saturated heterocycles. The number of pyridine rings is 1. The van der Waals surface area contributed by atoms with Crippen LogP contribution in [-0.2, 0) is 13.0 Å². The molecule has 144 valence electrons. The zero-order valence-corrected chi connectivity index (χ0v) is 18.4. The Morgan fingerprint density at radius 3 is 2.70 bits per heavy atom. The van der Waals surface area contributed by atoms with Crippen LogP contribution < -0.4 is 10.6 Å². The van der Waals surface area contributed by atoms with E-state index in [0.29, 0.717) is 6.54 Å². The van der Waals surface area contributed by atoms with Crippen molar-refractivity contribution >= 4 is 40.9 Å². The number of aromatic nitrogens is 1. The molecule has 3 rings (SSSR count). The highest BCUT2D eigenvalue weighted by atomic mass is 127. The predicted molar refractivity (Wildman–Crippen MR) is 122 cm³/mol. The molecule has 0 bridgehead atoms. The quantitative estimate of drug-likeness (QED) is 0.314. The molecule has 3 aromatic rings. The molecule has 5 nitrogen and oxygen atoms in total. The van der Waals surface area contributed by atoms with Gasteiger partial charge in [0.1, 0.15) is 17.9 Å². The van der Waals surface area contributed by atoms with Crippen molar-refractivity contribution in [1.29, 1.82) is 0 Å². The molecule has 0 aliphatic carbocycles. The van der Waals surface area contributed by atoms with Crippen LogP contribution in [0, 0.1) is 13.8 Å². The van der Waals surface area contributed by atoms with E-state index in [1.807, 2.05) is 30.6 Å². The van der Waals surface area contributed by atoms with E-state index in [-0.39, 0.29) is 24.0 Å². The summed E-state index contributed by atoms with van der Waals surface area (Å²) in [7, 11) is 0. The summed E-state index contributed by atoms with van der Waals surface area (Å²) in [5.74, 6) is 1.72. The summed E-state index contributed by atoms with van der Waals surface area (Å²) in [5.41, 5.74) is 4.60. The normalized spacial score (nSPS) is 11.3. The highest BCUT2D eigenvalue weighted by Crippen LogP contribution is 2.25. The molecule has 27 heavy (non-hydrogen) atoms. The lowest BCUT2D eigenvalue weighted by Crippen LogP contribution is -2.38. The first-order chi connectivity index (χ1) is 12.7. The SMILES string of the molecule is CCNC(=NCc1oc2ccccc2c1C)NCCc1ccncc1C.I. The molecule has 0 radical (unpaired) electrons. The number of halogens is 1. The first-order valence-electron chi connectivity index (χ1n) is 9.07. The van der Waals surface area contributed by atoms with Crippen molar-refractivity contribution in [2.24, 2.45) is 4.99 Å². The fourth-order valence-electron chi connectivity index (χ4n) is 2.97. The molecule has 2 N–H and O–H groups in total. The van der Waals surface area contributed by atoms with Gasteiger partial charge in [0.15, 0.2) is 5.96 Å². The third-order valence-corrected chi connectivity index (χ3v) is 4.49. The molecule has 0 fully saturated rings. The summed E-state index contributed by atoms with van der Waals surface area (Å²) >= 11 is 0. The highest BCUT2D eigenvalue weighted by molar-refractivity contribution is 14.0. The topological polar surface area (TPSA) is 62.5 Å². The van der Waals surface area contributed by atoms with Crippen LogP contribution in [0.5, 0.6) is 0 Å². The van der Waals surface area contributed by atoms with E-state index < -0.39 is 0 Å². The molecule has 0 unspecified atom stereocenters. The van der Waals surface area contributed by atoms with Gasteiger partial charge in [-0.05, 0) is 50.5 Å². The number of hydrogen-bond acceptors (Lipinski definition) is 3. The van der Waals surface area contributed by atoms with Gasteiger partial charge in [0.25, 0.3) is 0 Å². The molecule has 0 saturated carbocycles. The van der Waals surface area contributed by atoms with Gasteiger partial charge in [-0.25, -0.2) is 4.99 Å². The first-order valence-corrected chi connectivity index (χ1v) is 9.07. The Balaban J connectivity index is 0.00000261. The van der Waals surface area contributed by atoms with E-state index in [9.17, 15) is 0 Å². The van der Waals surface area contributed by atoms with Crippen molar-refractivity contribution in [1.82, 2.24) is 15.6 Å². The monoisotopic (exact) mass is 478 g/mol. The van der Waals surface area contributed by atoms with E-state index in [0.717, 1.165) is 47.8 Å². The van der Waals surface area contributed by atoms with Gasteiger partial charge in [0, 0.05) is 36.4 Å². The average Bonchev–Trinajstić information content (AvgIpc) is 2.97. The van der Waals surface area contributed by atoms with Gasteiger partial charge in [0.2, 0.25) is 0 Å². The van der Waals surface area contributed by atoms with Crippen LogP contribution in [0.4, 0.5) is 0 Å². The third kappa shape index (κ3) is 5.45. The van der Waals surface area contributed by atoms with E-state index in [2.05, 4.69) is 53.5 Å².